The smallest absolute Gasteiger partial charge is 0.286 e. The molecule has 2 aromatic carbocycles. The fourth-order valence-corrected chi connectivity index (χ4v) is 9.85. The van der Waals surface area contributed by atoms with Gasteiger partial charge >= 0.3 is 0 Å². The second-order valence-corrected chi connectivity index (χ2v) is 17.6. The third-order valence-corrected chi connectivity index (χ3v) is 13.8. The van der Waals surface area contributed by atoms with Crippen LogP contribution in [0.5, 0.6) is 5.75 Å². The van der Waals surface area contributed by atoms with E-state index in [1.54, 1.807) is 33.1 Å². The van der Waals surface area contributed by atoms with E-state index in [-0.39, 0.29) is 30.4 Å². The number of allylic oxidation sites excluding steroid dienone is 1. The minimum atomic E-state index is -3.56. The number of ether oxygens (including phenoxy) is 2. The molecule has 0 radical (unpaired) electrons. The highest BCUT2D eigenvalue weighted by Crippen LogP contribution is 2.42. The van der Waals surface area contributed by atoms with Crippen LogP contribution in [-0.4, -0.2) is 58.3 Å². The Labute approximate surface area is 296 Å². The van der Waals surface area contributed by atoms with E-state index in [9.17, 15) is 18.9 Å². The Morgan fingerprint density at radius 1 is 1.14 bits per heavy atom. The molecule has 0 saturated heterocycles. The number of halogens is 1. The van der Waals surface area contributed by atoms with E-state index in [2.05, 4.69) is 38.3 Å². The number of benzene rings is 2. The van der Waals surface area contributed by atoms with E-state index in [0.29, 0.717) is 42.2 Å². The third kappa shape index (κ3) is 8.03. The number of carbonyl (C=O) groups excluding carboxylic acids is 2. The average Bonchev–Trinajstić information content (AvgIpc) is 3.06. The molecule has 6 rings (SSSR count). The van der Waals surface area contributed by atoms with Gasteiger partial charge in [-0.3, -0.25) is 14.3 Å². The summed E-state index contributed by atoms with van der Waals surface area (Å²) in [5.41, 5.74) is 2.51. The molecule has 2 amide bonds. The monoisotopic (exact) mass is 711 g/mol. The summed E-state index contributed by atoms with van der Waals surface area (Å²) < 4.78 is 34.2. The molecule has 2 aromatic rings. The van der Waals surface area contributed by atoms with Crippen molar-refractivity contribution in [2.24, 2.45) is 28.0 Å². The number of fused-ring (bicyclic) bond motifs is 3. The first-order valence-corrected chi connectivity index (χ1v) is 19.6. The number of amides is 2. The van der Waals surface area contributed by atoms with Gasteiger partial charge in [0, 0.05) is 36.7 Å². The van der Waals surface area contributed by atoms with Crippen LogP contribution in [0.4, 0.5) is 5.69 Å². The van der Waals surface area contributed by atoms with Crippen LogP contribution in [0.25, 0.3) is 0 Å². The quantitative estimate of drug-likeness (QED) is 0.333. The van der Waals surface area contributed by atoms with Crippen LogP contribution in [-0.2, 0) is 32.4 Å². The van der Waals surface area contributed by atoms with E-state index in [4.69, 9.17) is 21.1 Å². The van der Waals surface area contributed by atoms with Gasteiger partial charge in [-0.25, -0.2) is 4.21 Å². The summed E-state index contributed by atoms with van der Waals surface area (Å²) in [6.07, 6.45) is 10.1. The molecule has 2 heterocycles. The van der Waals surface area contributed by atoms with Crippen molar-refractivity contribution >= 4 is 39.0 Å². The van der Waals surface area contributed by atoms with E-state index in [0.717, 1.165) is 44.3 Å². The Balaban J connectivity index is 1.45. The first kappa shape index (κ1) is 35.9. The van der Waals surface area contributed by atoms with Gasteiger partial charge in [-0.2, -0.15) is 0 Å². The number of nitrogens with one attached hydrogen (secondary N) is 1. The zero-order valence-electron chi connectivity index (χ0n) is 29.0. The summed E-state index contributed by atoms with van der Waals surface area (Å²) in [6, 6.07) is 11.4. The highest BCUT2D eigenvalue weighted by Gasteiger charge is 2.44. The van der Waals surface area contributed by atoms with E-state index >= 15 is 0 Å². The number of nitrogens with zero attached hydrogens (tertiary/aromatic N) is 2. The number of methoxy groups -OCH3 is 1. The number of rotatable bonds is 3. The Morgan fingerprint density at radius 2 is 1.94 bits per heavy atom. The van der Waals surface area contributed by atoms with Crippen LogP contribution < -0.4 is 14.4 Å². The van der Waals surface area contributed by atoms with Gasteiger partial charge in [-0.05, 0) is 124 Å². The first-order chi connectivity index (χ1) is 23.4. The Bertz CT molecular complexity index is 1710. The molecule has 2 saturated carbocycles. The lowest BCUT2D eigenvalue weighted by atomic mass is 9.70. The average molecular weight is 712 g/mol. The molecule has 2 aliphatic heterocycles. The molecule has 2 N–H and O–H groups in total. The SMILES string of the molecule is CO[C@H]1/C=C/C[C@H](C)[C@@H](C)S(=O)(NC(=O)C2CC(C)(O)C2)=NC(=O)c2ccc3c(c2)N(Cc2ccc(Cl)cc2CCCCO3)C[C@@H]2CC[C@H]21. The number of carbonyl (C=O) groups is 2. The summed E-state index contributed by atoms with van der Waals surface area (Å²) >= 11 is 6.46. The van der Waals surface area contributed by atoms with E-state index in [1.165, 1.54) is 11.1 Å². The molecule has 49 heavy (non-hydrogen) atoms. The number of hydrogen-bond acceptors (Lipinski definition) is 7. The minimum Gasteiger partial charge on any atom is -0.491 e. The molecule has 2 fully saturated rings. The number of hydrogen-bond donors (Lipinski definition) is 2. The Morgan fingerprint density at radius 3 is 2.65 bits per heavy atom. The van der Waals surface area contributed by atoms with Crippen molar-refractivity contribution in [2.75, 3.05) is 25.2 Å². The van der Waals surface area contributed by atoms with Crippen LogP contribution in [0.15, 0.2) is 52.9 Å². The number of aliphatic hydroxyl groups is 1. The zero-order chi connectivity index (χ0) is 34.9. The fraction of sp³-hybridized carbons (Fsp3) is 0.579. The molecular weight excluding hydrogens is 662 g/mol. The molecule has 9 nitrogen and oxygen atoms in total. The van der Waals surface area contributed by atoms with Gasteiger partial charge < -0.3 is 19.5 Å². The highest BCUT2D eigenvalue weighted by atomic mass is 35.5. The predicted molar refractivity (Wildman–Crippen MR) is 193 cm³/mol. The molecule has 1 unspecified atom stereocenters. The fourth-order valence-electron chi connectivity index (χ4n) is 7.71. The first-order valence-electron chi connectivity index (χ1n) is 17.7. The molecular formula is C38H50ClN3O6S. The lowest BCUT2D eigenvalue weighted by molar-refractivity contribution is -0.137. The van der Waals surface area contributed by atoms with Crippen LogP contribution in [0.2, 0.25) is 5.02 Å². The summed E-state index contributed by atoms with van der Waals surface area (Å²) in [7, 11) is -1.81. The van der Waals surface area contributed by atoms with Crippen molar-refractivity contribution in [3.05, 3.63) is 70.3 Å². The van der Waals surface area contributed by atoms with Gasteiger partial charge in [0.25, 0.3) is 5.91 Å². The third-order valence-electron chi connectivity index (χ3n) is 11.1. The molecule has 6 atom stereocenters. The minimum absolute atomic E-state index is 0.0759. The summed E-state index contributed by atoms with van der Waals surface area (Å²) in [5.74, 6) is -0.406. The molecule has 2 bridgehead atoms. The largest absolute Gasteiger partial charge is 0.491 e. The summed E-state index contributed by atoms with van der Waals surface area (Å²) in [5, 5.41) is 10.3. The zero-order valence-corrected chi connectivity index (χ0v) is 30.6. The lowest BCUT2D eigenvalue weighted by Gasteiger charge is -2.43. The second kappa shape index (κ2) is 14.7. The van der Waals surface area contributed by atoms with Gasteiger partial charge in [0.15, 0.2) is 0 Å². The van der Waals surface area contributed by atoms with Crippen molar-refractivity contribution in [2.45, 2.75) is 95.6 Å². The molecule has 0 aromatic heterocycles. The Hall–Kier alpha value is -2.92. The van der Waals surface area contributed by atoms with Crippen LogP contribution >= 0.6 is 11.6 Å². The standard InChI is InChI=1S/C38H50ClN3O6S/c1-24-8-7-10-34(47-4)32-15-12-29(32)23-42-22-28-11-14-31(39)18-26(28)9-5-6-17-48-35-16-13-27(19-33(35)42)36(43)40-49(46,25(24)2)41-37(44)30-20-38(3,45)21-30/h7,10-11,13-14,16,18-19,24-25,29-30,32,34,45H,5-6,8-9,12,15,17,20-23H2,1-4H3,(H,40,41,43,44,46)/b10-7+/t24-,25+,29-,30?,32+,34-,38?,49?/m0/s1. The van der Waals surface area contributed by atoms with E-state index in [1.807, 2.05) is 19.1 Å². The molecule has 266 valence electrons. The molecule has 0 spiro atoms. The highest BCUT2D eigenvalue weighted by molar-refractivity contribution is 7.93. The molecule has 11 heteroatoms. The normalized spacial score (nSPS) is 34.3. The summed E-state index contributed by atoms with van der Waals surface area (Å²) in [6.45, 7) is 7.28. The van der Waals surface area contributed by atoms with Gasteiger partial charge in [-0.1, -0.05) is 36.7 Å². The van der Waals surface area contributed by atoms with Crippen molar-refractivity contribution in [1.82, 2.24) is 4.72 Å². The lowest BCUT2D eigenvalue weighted by Crippen LogP contribution is -2.51. The van der Waals surface area contributed by atoms with Crippen molar-refractivity contribution in [3.8, 4) is 5.75 Å². The van der Waals surface area contributed by atoms with Gasteiger partial charge in [0.05, 0.1) is 29.2 Å². The number of anilines is 1. The maximum Gasteiger partial charge on any atom is 0.286 e. The second-order valence-electron chi connectivity index (χ2n) is 14.9. The van der Waals surface area contributed by atoms with Gasteiger partial charge in [-0.15, -0.1) is 4.36 Å². The van der Waals surface area contributed by atoms with E-state index < -0.39 is 38.5 Å². The van der Waals surface area contributed by atoms with Crippen molar-refractivity contribution in [1.29, 1.82) is 0 Å². The maximum atomic E-state index is 14.7. The number of aryl methyl sites for hydroxylation is 1. The van der Waals surface area contributed by atoms with Crippen molar-refractivity contribution < 1.29 is 28.4 Å². The van der Waals surface area contributed by atoms with Crippen molar-refractivity contribution in [3.63, 3.8) is 0 Å². The molecule has 2 aliphatic carbocycles. The van der Waals surface area contributed by atoms with Gasteiger partial charge in [0.2, 0.25) is 5.91 Å². The van der Waals surface area contributed by atoms with Crippen LogP contribution in [0, 0.1) is 23.7 Å². The predicted octanol–water partition coefficient (Wildman–Crippen LogP) is 6.89. The Kier molecular flexibility index (Phi) is 10.8. The summed E-state index contributed by atoms with van der Waals surface area (Å²) in [4.78, 5) is 29.7. The van der Waals surface area contributed by atoms with Gasteiger partial charge in [0.1, 0.15) is 15.7 Å². The van der Waals surface area contributed by atoms with Crippen LogP contribution in [0.3, 0.4) is 0 Å². The molecule has 4 aliphatic rings. The maximum absolute atomic E-state index is 14.7. The van der Waals surface area contributed by atoms with Crippen LogP contribution in [0.1, 0.15) is 87.2 Å². The topological polar surface area (TPSA) is 118 Å².